The predicted octanol–water partition coefficient (Wildman–Crippen LogP) is 2.24. The van der Waals surface area contributed by atoms with Gasteiger partial charge in [-0.05, 0) is 42.1 Å². The molecule has 0 unspecified atom stereocenters. The highest BCUT2D eigenvalue weighted by Gasteiger charge is 2.17. The van der Waals surface area contributed by atoms with Crippen molar-refractivity contribution in [3.8, 4) is 5.95 Å². The predicted molar refractivity (Wildman–Crippen MR) is 130 cm³/mol. The van der Waals surface area contributed by atoms with Crippen molar-refractivity contribution in [3.05, 3.63) is 77.1 Å². The molecular weight excluding hydrogens is 417 g/mol. The minimum absolute atomic E-state index is 0.191. The zero-order valence-corrected chi connectivity index (χ0v) is 18.8. The van der Waals surface area contributed by atoms with Crippen LogP contribution in [0.25, 0.3) is 16.9 Å². The molecule has 4 aromatic rings. The molecule has 8 nitrogen and oxygen atoms in total. The summed E-state index contributed by atoms with van der Waals surface area (Å²) >= 11 is 0. The SMILES string of the molecule is Cc1cc2c(C(N)=O)cccc2n1-c1ncc(C(C)C)c(NCc2cccc(B(O)O)c2)n1. The summed E-state index contributed by atoms with van der Waals surface area (Å²) in [5.41, 5.74) is 9.98. The molecule has 0 aliphatic carbocycles. The van der Waals surface area contributed by atoms with Crippen LogP contribution in [0.5, 0.6) is 0 Å². The zero-order chi connectivity index (χ0) is 23.7. The third-order valence-corrected chi connectivity index (χ3v) is 5.63. The quantitative estimate of drug-likeness (QED) is 0.325. The highest BCUT2D eigenvalue weighted by molar-refractivity contribution is 6.58. The van der Waals surface area contributed by atoms with E-state index in [1.165, 1.54) is 0 Å². The third-order valence-electron chi connectivity index (χ3n) is 5.63. The number of hydrogen-bond donors (Lipinski definition) is 4. The number of nitrogens with zero attached hydrogens (tertiary/aromatic N) is 3. The summed E-state index contributed by atoms with van der Waals surface area (Å²) in [6.45, 7) is 6.53. The van der Waals surface area contributed by atoms with E-state index in [4.69, 9.17) is 10.7 Å². The van der Waals surface area contributed by atoms with E-state index in [9.17, 15) is 14.8 Å². The monoisotopic (exact) mass is 443 g/mol. The number of anilines is 1. The standard InChI is InChI=1S/C24H26BN5O3/c1-14(2)20-13-28-24(29-23(20)27-12-16-6-4-7-17(11-16)25(32)33)30-15(3)10-19-18(22(26)31)8-5-9-21(19)30/h4-11,13-14,32-33H,12H2,1-3H3,(H2,26,31)(H,27,28,29). The maximum Gasteiger partial charge on any atom is 0.488 e. The number of aryl methyl sites for hydroxylation is 1. The molecule has 0 radical (unpaired) electrons. The fourth-order valence-corrected chi connectivity index (χ4v) is 3.95. The maximum atomic E-state index is 11.9. The maximum absolute atomic E-state index is 11.9. The zero-order valence-electron chi connectivity index (χ0n) is 18.8. The van der Waals surface area contributed by atoms with Gasteiger partial charge in [0.05, 0.1) is 5.52 Å². The van der Waals surface area contributed by atoms with Crippen molar-refractivity contribution >= 4 is 35.2 Å². The summed E-state index contributed by atoms with van der Waals surface area (Å²) < 4.78 is 1.90. The van der Waals surface area contributed by atoms with E-state index in [2.05, 4.69) is 24.1 Å². The molecule has 2 aromatic heterocycles. The molecule has 0 aliphatic rings. The first-order valence-electron chi connectivity index (χ1n) is 10.7. The molecule has 0 atom stereocenters. The van der Waals surface area contributed by atoms with Crippen LogP contribution in [-0.4, -0.2) is 37.6 Å². The van der Waals surface area contributed by atoms with Crippen LogP contribution in [0.1, 0.15) is 46.9 Å². The Balaban J connectivity index is 1.74. The van der Waals surface area contributed by atoms with E-state index in [1.807, 2.05) is 35.9 Å². The first-order chi connectivity index (χ1) is 15.8. The third kappa shape index (κ3) is 4.46. The summed E-state index contributed by atoms with van der Waals surface area (Å²) in [6.07, 6.45) is 1.81. The van der Waals surface area contributed by atoms with E-state index in [0.29, 0.717) is 29.3 Å². The highest BCUT2D eigenvalue weighted by atomic mass is 16.4. The second-order valence-corrected chi connectivity index (χ2v) is 8.32. The first kappa shape index (κ1) is 22.5. The van der Waals surface area contributed by atoms with Crippen LogP contribution in [0.15, 0.2) is 54.7 Å². The summed E-state index contributed by atoms with van der Waals surface area (Å²) in [5.74, 6) is 0.885. The lowest BCUT2D eigenvalue weighted by Crippen LogP contribution is -2.30. The van der Waals surface area contributed by atoms with Gasteiger partial charge in [0, 0.05) is 34.9 Å². The topological polar surface area (TPSA) is 126 Å². The normalized spacial score (nSPS) is 11.2. The van der Waals surface area contributed by atoms with Crippen LogP contribution >= 0.6 is 0 Å². The molecule has 9 heteroatoms. The Kier molecular flexibility index (Phi) is 6.17. The minimum Gasteiger partial charge on any atom is -0.423 e. The molecule has 0 saturated carbocycles. The Hall–Kier alpha value is -3.69. The van der Waals surface area contributed by atoms with E-state index < -0.39 is 13.0 Å². The molecule has 4 rings (SSSR count). The van der Waals surface area contributed by atoms with Crippen molar-refractivity contribution < 1.29 is 14.8 Å². The van der Waals surface area contributed by atoms with Gasteiger partial charge in [-0.25, -0.2) is 4.98 Å². The summed E-state index contributed by atoms with van der Waals surface area (Å²) in [5, 5.41) is 23.0. The van der Waals surface area contributed by atoms with Crippen molar-refractivity contribution in [2.75, 3.05) is 5.32 Å². The number of aromatic nitrogens is 3. The Morgan fingerprint density at radius 3 is 2.64 bits per heavy atom. The average molecular weight is 443 g/mol. The van der Waals surface area contributed by atoms with Gasteiger partial charge in [0.15, 0.2) is 0 Å². The molecular formula is C24H26BN5O3. The van der Waals surface area contributed by atoms with Crippen LogP contribution < -0.4 is 16.5 Å². The number of benzene rings is 2. The second kappa shape index (κ2) is 9.05. The number of carbonyl (C=O) groups is 1. The van der Waals surface area contributed by atoms with Crippen LogP contribution in [-0.2, 0) is 6.54 Å². The van der Waals surface area contributed by atoms with Crippen molar-refractivity contribution in [2.45, 2.75) is 33.2 Å². The van der Waals surface area contributed by atoms with Gasteiger partial charge in [-0.2, -0.15) is 4.98 Å². The van der Waals surface area contributed by atoms with E-state index in [-0.39, 0.29) is 5.92 Å². The fraction of sp³-hybridized carbons (Fsp3) is 0.208. The second-order valence-electron chi connectivity index (χ2n) is 8.32. The Morgan fingerprint density at radius 2 is 1.94 bits per heavy atom. The van der Waals surface area contributed by atoms with Crippen molar-refractivity contribution in [2.24, 2.45) is 5.73 Å². The van der Waals surface area contributed by atoms with Gasteiger partial charge in [-0.15, -0.1) is 0 Å². The van der Waals surface area contributed by atoms with Crippen LogP contribution in [0.2, 0.25) is 0 Å². The largest absolute Gasteiger partial charge is 0.488 e. The number of nitrogens with two attached hydrogens (primary N) is 1. The Labute approximate surface area is 192 Å². The molecule has 33 heavy (non-hydrogen) atoms. The number of hydrogen-bond acceptors (Lipinski definition) is 6. The van der Waals surface area contributed by atoms with E-state index >= 15 is 0 Å². The Bertz CT molecular complexity index is 1330. The van der Waals surface area contributed by atoms with Crippen LogP contribution in [0.3, 0.4) is 0 Å². The molecule has 0 spiro atoms. The molecule has 1 amide bonds. The molecule has 2 heterocycles. The van der Waals surface area contributed by atoms with Crippen molar-refractivity contribution in [1.82, 2.24) is 14.5 Å². The molecule has 0 bridgehead atoms. The number of rotatable bonds is 7. The molecule has 168 valence electrons. The lowest BCUT2D eigenvalue weighted by atomic mass is 9.79. The lowest BCUT2D eigenvalue weighted by Gasteiger charge is -2.16. The summed E-state index contributed by atoms with van der Waals surface area (Å²) in [7, 11) is -1.52. The number of primary amides is 1. The van der Waals surface area contributed by atoms with Crippen LogP contribution in [0, 0.1) is 6.92 Å². The van der Waals surface area contributed by atoms with Gasteiger partial charge < -0.3 is 21.1 Å². The van der Waals surface area contributed by atoms with Gasteiger partial charge >= 0.3 is 7.12 Å². The minimum atomic E-state index is -1.52. The first-order valence-corrected chi connectivity index (χ1v) is 10.7. The molecule has 0 aliphatic heterocycles. The van der Waals surface area contributed by atoms with E-state index in [0.717, 1.165) is 27.7 Å². The number of carbonyl (C=O) groups excluding carboxylic acids is 1. The fourth-order valence-electron chi connectivity index (χ4n) is 3.95. The van der Waals surface area contributed by atoms with Gasteiger partial charge in [0.1, 0.15) is 5.82 Å². The summed E-state index contributed by atoms with van der Waals surface area (Å²) in [4.78, 5) is 21.3. The van der Waals surface area contributed by atoms with Crippen molar-refractivity contribution in [1.29, 1.82) is 0 Å². The molecule has 0 fully saturated rings. The average Bonchev–Trinajstić information content (AvgIpc) is 3.13. The smallest absolute Gasteiger partial charge is 0.423 e. The molecule has 2 aromatic carbocycles. The Morgan fingerprint density at radius 1 is 1.18 bits per heavy atom. The van der Waals surface area contributed by atoms with E-state index in [1.54, 1.807) is 30.3 Å². The van der Waals surface area contributed by atoms with Crippen LogP contribution in [0.4, 0.5) is 5.82 Å². The van der Waals surface area contributed by atoms with Crippen molar-refractivity contribution in [3.63, 3.8) is 0 Å². The highest BCUT2D eigenvalue weighted by Crippen LogP contribution is 2.28. The number of nitrogens with one attached hydrogen (secondary N) is 1. The molecule has 5 N–H and O–H groups in total. The van der Waals surface area contributed by atoms with Gasteiger partial charge in [0.2, 0.25) is 11.9 Å². The summed E-state index contributed by atoms with van der Waals surface area (Å²) in [6, 6.07) is 14.4. The molecule has 0 saturated heterocycles. The van der Waals surface area contributed by atoms with Gasteiger partial charge in [-0.1, -0.05) is 44.2 Å². The lowest BCUT2D eigenvalue weighted by molar-refractivity contribution is 0.100. The van der Waals surface area contributed by atoms with Gasteiger partial charge in [-0.3, -0.25) is 9.36 Å². The number of fused-ring (bicyclic) bond motifs is 1. The van der Waals surface area contributed by atoms with Gasteiger partial charge in [0.25, 0.3) is 0 Å². The number of amides is 1.